The second-order valence-electron chi connectivity index (χ2n) is 8.85. The van der Waals surface area contributed by atoms with Crippen LogP contribution in [0.15, 0.2) is 85.3 Å². The van der Waals surface area contributed by atoms with Crippen LogP contribution in [0.4, 0.5) is 0 Å². The molecule has 6 nitrogen and oxygen atoms in total. The van der Waals surface area contributed by atoms with E-state index in [9.17, 15) is 5.11 Å². The molecule has 0 aliphatic rings. The van der Waals surface area contributed by atoms with Crippen molar-refractivity contribution in [2.24, 2.45) is 7.05 Å². The zero-order chi connectivity index (χ0) is 25.0. The summed E-state index contributed by atoms with van der Waals surface area (Å²) < 4.78 is 3.84. The second-order valence-corrected chi connectivity index (χ2v) is 9.72. The fourth-order valence-electron chi connectivity index (χ4n) is 4.90. The van der Waals surface area contributed by atoms with Crippen LogP contribution >= 0.6 is 23.2 Å². The monoisotopic (exact) mass is 513 g/mol. The highest BCUT2D eigenvalue weighted by molar-refractivity contribution is 6.31. The van der Waals surface area contributed by atoms with E-state index < -0.39 is 5.60 Å². The lowest BCUT2D eigenvalue weighted by Crippen LogP contribution is -2.31. The Kier molecular flexibility index (Phi) is 5.34. The van der Waals surface area contributed by atoms with E-state index in [1.807, 2.05) is 83.6 Å². The Morgan fingerprint density at radius 1 is 0.861 bits per heavy atom. The highest BCUT2D eigenvalue weighted by Crippen LogP contribution is 2.40. The van der Waals surface area contributed by atoms with Crippen molar-refractivity contribution < 1.29 is 5.11 Å². The van der Waals surface area contributed by atoms with E-state index in [1.54, 1.807) is 24.7 Å². The van der Waals surface area contributed by atoms with Gasteiger partial charge in [0.05, 0.1) is 23.7 Å². The number of halogens is 2. The van der Waals surface area contributed by atoms with Gasteiger partial charge in [-0.25, -0.2) is 4.98 Å². The number of hydrogen-bond donors (Lipinski definition) is 1. The molecular formula is C28H21Cl2N5O. The van der Waals surface area contributed by atoms with E-state index in [2.05, 4.69) is 15.2 Å². The van der Waals surface area contributed by atoms with Crippen LogP contribution in [0.5, 0.6) is 0 Å². The molecule has 1 atom stereocenters. The Balaban J connectivity index is 1.70. The predicted molar refractivity (Wildman–Crippen MR) is 142 cm³/mol. The lowest BCUT2D eigenvalue weighted by Gasteiger charge is -2.30. The van der Waals surface area contributed by atoms with Crippen LogP contribution in [0.25, 0.3) is 27.7 Å². The van der Waals surface area contributed by atoms with Gasteiger partial charge in [-0.15, -0.1) is 10.2 Å². The van der Waals surface area contributed by atoms with Gasteiger partial charge in [0.25, 0.3) is 0 Å². The third-order valence-electron chi connectivity index (χ3n) is 6.65. The first-order valence-corrected chi connectivity index (χ1v) is 12.1. The summed E-state index contributed by atoms with van der Waals surface area (Å²) in [6.07, 6.45) is 3.36. The number of hydrogen-bond acceptors (Lipinski definition) is 4. The van der Waals surface area contributed by atoms with Crippen molar-refractivity contribution in [1.29, 1.82) is 0 Å². The number of pyridine rings is 1. The fraction of sp³-hybridized carbons (Fsp3) is 0.107. The first kappa shape index (κ1) is 22.7. The number of nitrogens with zero attached hydrogens (tertiary/aromatic N) is 5. The molecule has 36 heavy (non-hydrogen) atoms. The summed E-state index contributed by atoms with van der Waals surface area (Å²) in [5, 5.41) is 23.2. The smallest absolute Gasteiger partial charge is 0.161 e. The molecule has 0 saturated carbocycles. The SMILES string of the molecule is Cc1nnc2cc(-c3cccc(Cl)c3)c3cc(C(O)(c4ccc(Cl)cc4)c4cncn4C)ccc3n12. The fourth-order valence-corrected chi connectivity index (χ4v) is 5.22. The third kappa shape index (κ3) is 3.49. The van der Waals surface area contributed by atoms with E-state index >= 15 is 0 Å². The maximum absolute atomic E-state index is 12.4. The molecule has 3 heterocycles. The summed E-state index contributed by atoms with van der Waals surface area (Å²) in [6.45, 7) is 1.92. The minimum Gasteiger partial charge on any atom is -0.374 e. The lowest BCUT2D eigenvalue weighted by atomic mass is 9.82. The quantitative estimate of drug-likeness (QED) is 0.305. The number of rotatable bonds is 4. The van der Waals surface area contributed by atoms with Crippen LogP contribution < -0.4 is 0 Å². The van der Waals surface area contributed by atoms with E-state index in [4.69, 9.17) is 23.2 Å². The van der Waals surface area contributed by atoms with Crippen molar-refractivity contribution in [2.75, 3.05) is 0 Å². The summed E-state index contributed by atoms with van der Waals surface area (Å²) >= 11 is 12.5. The normalized spacial score (nSPS) is 13.4. The molecule has 8 heteroatoms. The molecule has 0 amide bonds. The van der Waals surface area contributed by atoms with Crippen molar-refractivity contribution >= 4 is 39.8 Å². The van der Waals surface area contributed by atoms with Gasteiger partial charge in [-0.1, -0.05) is 53.5 Å². The number of fused-ring (bicyclic) bond motifs is 3. The van der Waals surface area contributed by atoms with Crippen molar-refractivity contribution in [3.8, 4) is 11.1 Å². The number of aromatic nitrogens is 5. The number of aliphatic hydroxyl groups is 1. The van der Waals surface area contributed by atoms with Crippen LogP contribution in [-0.4, -0.2) is 29.3 Å². The standard InChI is InChI=1S/C28H21Cl2N5O/c1-17-32-33-27-14-23(18-4-3-5-22(30)12-18)24-13-20(8-11-25(24)35(17)27)28(36,26-15-31-16-34(26)2)19-6-9-21(29)10-7-19/h3-16,36H,1-2H3. The van der Waals surface area contributed by atoms with Gasteiger partial charge in [-0.2, -0.15) is 0 Å². The molecule has 0 fully saturated rings. The first-order valence-electron chi connectivity index (χ1n) is 11.4. The Morgan fingerprint density at radius 2 is 1.64 bits per heavy atom. The van der Waals surface area contributed by atoms with E-state index in [-0.39, 0.29) is 0 Å². The molecule has 0 spiro atoms. The zero-order valence-electron chi connectivity index (χ0n) is 19.5. The van der Waals surface area contributed by atoms with Gasteiger partial charge in [0.2, 0.25) is 0 Å². The van der Waals surface area contributed by atoms with Gasteiger partial charge in [0, 0.05) is 22.5 Å². The van der Waals surface area contributed by atoms with Crippen LogP contribution in [0.2, 0.25) is 10.0 Å². The molecule has 1 N–H and O–H groups in total. The second kappa shape index (κ2) is 8.45. The molecule has 0 bridgehead atoms. The van der Waals surface area contributed by atoms with Crippen molar-refractivity contribution in [1.82, 2.24) is 24.1 Å². The molecule has 0 radical (unpaired) electrons. The van der Waals surface area contributed by atoms with E-state index in [1.165, 1.54) is 0 Å². The van der Waals surface area contributed by atoms with Gasteiger partial charge in [-0.05, 0) is 71.6 Å². The number of imidazole rings is 1. The lowest BCUT2D eigenvalue weighted by molar-refractivity contribution is 0.117. The van der Waals surface area contributed by atoms with Gasteiger partial charge >= 0.3 is 0 Å². The molecule has 6 aromatic rings. The minimum atomic E-state index is -1.48. The van der Waals surface area contributed by atoms with Gasteiger partial charge in [-0.3, -0.25) is 4.40 Å². The van der Waals surface area contributed by atoms with Crippen LogP contribution in [0.3, 0.4) is 0 Å². The van der Waals surface area contributed by atoms with E-state index in [0.717, 1.165) is 33.5 Å². The topological polar surface area (TPSA) is 68.2 Å². The Morgan fingerprint density at radius 3 is 2.36 bits per heavy atom. The molecule has 3 aromatic carbocycles. The Bertz CT molecular complexity index is 1760. The van der Waals surface area contributed by atoms with Crippen molar-refractivity contribution in [2.45, 2.75) is 12.5 Å². The molecule has 178 valence electrons. The maximum Gasteiger partial charge on any atom is 0.161 e. The van der Waals surface area contributed by atoms with Gasteiger partial charge < -0.3 is 9.67 Å². The van der Waals surface area contributed by atoms with Crippen LogP contribution in [-0.2, 0) is 12.6 Å². The molecule has 3 aromatic heterocycles. The molecular weight excluding hydrogens is 493 g/mol. The average Bonchev–Trinajstić information content (AvgIpc) is 3.48. The number of aryl methyl sites for hydroxylation is 2. The van der Waals surface area contributed by atoms with E-state index in [0.29, 0.717) is 26.9 Å². The van der Waals surface area contributed by atoms with Crippen LogP contribution in [0.1, 0.15) is 22.6 Å². The summed E-state index contributed by atoms with van der Waals surface area (Å²) in [6, 6.07) is 22.9. The Hall–Kier alpha value is -3.71. The maximum atomic E-state index is 12.4. The van der Waals surface area contributed by atoms with Crippen LogP contribution in [0, 0.1) is 6.92 Å². The highest BCUT2D eigenvalue weighted by atomic mass is 35.5. The summed E-state index contributed by atoms with van der Waals surface area (Å²) in [7, 11) is 1.87. The molecule has 6 rings (SSSR count). The first-order chi connectivity index (χ1) is 17.4. The third-order valence-corrected chi connectivity index (χ3v) is 7.14. The van der Waals surface area contributed by atoms with Crippen molar-refractivity contribution in [3.63, 3.8) is 0 Å². The highest BCUT2D eigenvalue weighted by Gasteiger charge is 2.37. The van der Waals surface area contributed by atoms with Crippen molar-refractivity contribution in [3.05, 3.63) is 118 Å². The largest absolute Gasteiger partial charge is 0.374 e. The average molecular weight is 514 g/mol. The molecule has 0 aliphatic heterocycles. The Labute approximate surface area is 217 Å². The molecule has 0 aliphatic carbocycles. The zero-order valence-corrected chi connectivity index (χ0v) is 21.0. The number of benzene rings is 3. The molecule has 1 unspecified atom stereocenters. The summed E-state index contributed by atoms with van der Waals surface area (Å²) in [5.74, 6) is 0.778. The van der Waals surface area contributed by atoms with Gasteiger partial charge in [0.15, 0.2) is 11.2 Å². The summed E-state index contributed by atoms with van der Waals surface area (Å²) in [4.78, 5) is 4.28. The van der Waals surface area contributed by atoms with Gasteiger partial charge in [0.1, 0.15) is 5.82 Å². The minimum absolute atomic E-state index is 0.596. The predicted octanol–water partition coefficient (Wildman–Crippen LogP) is 6.18. The molecule has 0 saturated heterocycles. The summed E-state index contributed by atoms with van der Waals surface area (Å²) in [5.41, 5.74) is 4.08.